The number of anilines is 2. The van der Waals surface area contributed by atoms with Crippen molar-refractivity contribution in [3.8, 4) is 0 Å². The summed E-state index contributed by atoms with van der Waals surface area (Å²) >= 11 is 1.61. The molecule has 214 valence electrons. The number of hydrogen-bond donors (Lipinski definition) is 1. The lowest BCUT2D eigenvalue weighted by atomic mass is 9.78. The highest BCUT2D eigenvalue weighted by Crippen LogP contribution is 2.61. The van der Waals surface area contributed by atoms with Crippen LogP contribution < -0.4 is 9.80 Å². The van der Waals surface area contributed by atoms with Gasteiger partial charge in [-0.15, -0.1) is 11.8 Å². The minimum absolute atomic E-state index is 0.0636. The summed E-state index contributed by atoms with van der Waals surface area (Å²) in [7, 11) is 0. The molecule has 2 fully saturated rings. The van der Waals surface area contributed by atoms with Gasteiger partial charge in [0.1, 0.15) is 6.04 Å². The minimum Gasteiger partial charge on any atom is -0.396 e. The minimum atomic E-state index is -0.841. The fraction of sp³-hybridized carbons (Fsp3) is 0.424. The molecule has 4 heterocycles. The van der Waals surface area contributed by atoms with E-state index in [2.05, 4.69) is 12.2 Å². The van der Waals surface area contributed by atoms with Crippen molar-refractivity contribution in [1.29, 1.82) is 0 Å². The quantitative estimate of drug-likeness (QED) is 0.397. The molecule has 0 aliphatic carbocycles. The molecule has 0 radical (unpaired) electrons. The van der Waals surface area contributed by atoms with Gasteiger partial charge in [0.2, 0.25) is 11.8 Å². The number of amides is 3. The van der Waals surface area contributed by atoms with Crippen LogP contribution in [0.5, 0.6) is 0 Å². The number of aryl methyl sites for hydroxylation is 2. The van der Waals surface area contributed by atoms with E-state index in [1.165, 1.54) is 0 Å². The zero-order chi connectivity index (χ0) is 28.7. The van der Waals surface area contributed by atoms with Gasteiger partial charge in [-0.25, -0.2) is 0 Å². The van der Waals surface area contributed by atoms with Gasteiger partial charge in [0, 0.05) is 42.9 Å². The van der Waals surface area contributed by atoms with Gasteiger partial charge in [-0.1, -0.05) is 54.6 Å². The number of nitrogens with zero attached hydrogens (tertiary/aromatic N) is 3. The van der Waals surface area contributed by atoms with Gasteiger partial charge in [-0.3, -0.25) is 14.4 Å². The van der Waals surface area contributed by atoms with Crippen LogP contribution in [0.4, 0.5) is 11.4 Å². The molecule has 1 unspecified atom stereocenters. The number of aliphatic hydroxyl groups is 1. The molecule has 41 heavy (non-hydrogen) atoms. The number of benzene rings is 2. The molecule has 2 saturated heterocycles. The van der Waals surface area contributed by atoms with E-state index in [4.69, 9.17) is 0 Å². The number of carbonyl (C=O) groups is 3. The summed E-state index contributed by atoms with van der Waals surface area (Å²) in [6.45, 7) is 5.41. The molecule has 2 aromatic rings. The van der Waals surface area contributed by atoms with Gasteiger partial charge in [-0.05, 0) is 62.4 Å². The molecular weight excluding hydrogens is 534 g/mol. The van der Waals surface area contributed by atoms with Crippen LogP contribution in [0.2, 0.25) is 0 Å². The lowest BCUT2D eigenvalue weighted by Crippen LogP contribution is -2.53. The van der Waals surface area contributed by atoms with Crippen LogP contribution in [-0.4, -0.2) is 70.0 Å². The predicted octanol–water partition coefficient (Wildman–Crippen LogP) is 4.27. The third kappa shape index (κ3) is 4.61. The van der Waals surface area contributed by atoms with Crippen LogP contribution in [0.15, 0.2) is 72.8 Å². The Bertz CT molecular complexity index is 1410. The SMILES string of the molecule is Cc1ccc(C)c(N2CC=C[C@]34S[C@@H]5C=CCN(c6ccccc6)C(=O)[C@@H]5[C@H]3C(=O)N(CCCCCO)C4C2=O)c1. The van der Waals surface area contributed by atoms with E-state index in [-0.39, 0.29) is 29.6 Å². The molecule has 4 aliphatic heterocycles. The number of para-hydroxylation sites is 1. The fourth-order valence-corrected chi connectivity index (χ4v) is 9.02. The number of carbonyl (C=O) groups excluding carboxylic acids is 3. The van der Waals surface area contributed by atoms with E-state index < -0.39 is 22.6 Å². The molecule has 7 nitrogen and oxygen atoms in total. The largest absolute Gasteiger partial charge is 0.396 e. The molecule has 4 aliphatic rings. The van der Waals surface area contributed by atoms with Crippen molar-refractivity contribution in [3.63, 3.8) is 0 Å². The lowest BCUT2D eigenvalue weighted by molar-refractivity contribution is -0.138. The van der Waals surface area contributed by atoms with Gasteiger partial charge in [0.25, 0.3) is 5.91 Å². The number of rotatable bonds is 7. The van der Waals surface area contributed by atoms with Gasteiger partial charge in [0.05, 0.1) is 16.6 Å². The number of unbranched alkanes of at least 4 members (excludes halogenated alkanes) is 2. The first-order chi connectivity index (χ1) is 19.9. The molecule has 1 spiro atoms. The highest BCUT2D eigenvalue weighted by molar-refractivity contribution is 8.02. The highest BCUT2D eigenvalue weighted by atomic mass is 32.2. The van der Waals surface area contributed by atoms with Crippen LogP contribution in [0.25, 0.3) is 0 Å². The second-order valence-electron chi connectivity index (χ2n) is 11.5. The summed E-state index contributed by atoms with van der Waals surface area (Å²) in [6, 6.07) is 15.0. The van der Waals surface area contributed by atoms with E-state index in [1.54, 1.807) is 21.6 Å². The summed E-state index contributed by atoms with van der Waals surface area (Å²) in [5.41, 5.74) is 3.74. The summed E-state index contributed by atoms with van der Waals surface area (Å²) in [5.74, 6) is -1.48. The third-order valence-electron chi connectivity index (χ3n) is 8.94. The highest BCUT2D eigenvalue weighted by Gasteiger charge is 2.71. The number of aliphatic hydroxyl groups excluding tert-OH is 1. The molecule has 2 aromatic carbocycles. The lowest BCUT2D eigenvalue weighted by Gasteiger charge is -2.35. The molecular formula is C33H37N3O4S. The first-order valence-corrected chi connectivity index (χ1v) is 15.4. The topological polar surface area (TPSA) is 81.2 Å². The molecule has 3 amide bonds. The van der Waals surface area contributed by atoms with Crippen LogP contribution in [0.3, 0.4) is 0 Å². The molecule has 1 N–H and O–H groups in total. The van der Waals surface area contributed by atoms with E-state index in [9.17, 15) is 19.5 Å². The van der Waals surface area contributed by atoms with Crippen LogP contribution in [0.1, 0.15) is 30.4 Å². The Morgan fingerprint density at radius 3 is 2.46 bits per heavy atom. The third-order valence-corrected chi connectivity index (χ3v) is 10.7. The summed E-state index contributed by atoms with van der Waals surface area (Å²) < 4.78 is -0.841. The van der Waals surface area contributed by atoms with E-state index in [1.807, 2.05) is 79.4 Å². The van der Waals surface area contributed by atoms with Gasteiger partial charge >= 0.3 is 0 Å². The zero-order valence-electron chi connectivity index (χ0n) is 23.6. The smallest absolute Gasteiger partial charge is 0.251 e. The summed E-state index contributed by atoms with van der Waals surface area (Å²) in [4.78, 5) is 48.7. The van der Waals surface area contributed by atoms with Crippen molar-refractivity contribution in [2.24, 2.45) is 11.8 Å². The fourth-order valence-electron chi connectivity index (χ4n) is 7.01. The predicted molar refractivity (Wildman–Crippen MR) is 163 cm³/mol. The van der Waals surface area contributed by atoms with E-state index in [0.717, 1.165) is 28.9 Å². The molecule has 5 atom stereocenters. The van der Waals surface area contributed by atoms with Crippen LogP contribution >= 0.6 is 11.8 Å². The van der Waals surface area contributed by atoms with Crippen molar-refractivity contribution >= 4 is 40.9 Å². The number of likely N-dealkylation sites (tertiary alicyclic amines) is 1. The van der Waals surface area contributed by atoms with Crippen LogP contribution in [0, 0.1) is 25.7 Å². The van der Waals surface area contributed by atoms with Crippen molar-refractivity contribution in [1.82, 2.24) is 4.90 Å². The first-order valence-electron chi connectivity index (χ1n) is 14.6. The van der Waals surface area contributed by atoms with Gasteiger partial charge < -0.3 is 19.8 Å². The van der Waals surface area contributed by atoms with Gasteiger partial charge in [0.15, 0.2) is 0 Å². The van der Waals surface area contributed by atoms with Crippen molar-refractivity contribution in [2.75, 3.05) is 36.0 Å². The molecule has 8 heteroatoms. The average Bonchev–Trinajstić information content (AvgIpc) is 3.28. The Balaban J connectivity index is 1.42. The number of hydrogen-bond acceptors (Lipinski definition) is 5. The number of thioether (sulfide) groups is 1. The summed E-state index contributed by atoms with van der Waals surface area (Å²) in [5, 5.41) is 9.12. The van der Waals surface area contributed by atoms with Crippen molar-refractivity contribution < 1.29 is 19.5 Å². The Labute approximate surface area is 245 Å². The monoisotopic (exact) mass is 571 g/mol. The average molecular weight is 572 g/mol. The maximum Gasteiger partial charge on any atom is 0.251 e. The number of fused-ring (bicyclic) bond motifs is 2. The summed E-state index contributed by atoms with van der Waals surface area (Å²) in [6.07, 6.45) is 10.3. The maximum atomic E-state index is 14.6. The molecule has 6 rings (SSSR count). The van der Waals surface area contributed by atoms with Crippen molar-refractivity contribution in [3.05, 3.63) is 84.0 Å². The second-order valence-corrected chi connectivity index (χ2v) is 13.0. The van der Waals surface area contributed by atoms with Gasteiger partial charge in [-0.2, -0.15) is 0 Å². The Morgan fingerprint density at radius 2 is 1.68 bits per heavy atom. The normalized spacial score (nSPS) is 29.0. The standard InChI is InChI=1S/C33H37N3O4S/c1-22-14-15-23(2)25(21-22)35-19-10-16-33-28(31(39)36(29(33)32(35)40)17-7-4-8-20-37)27-26(41-33)13-9-18-34(30(27)38)24-11-5-3-6-12-24/h3,5-6,9-16,21,26-29,37H,4,7-8,17-20H2,1-2H3/t26-,27+,28+,29?,33+/m1/s1. The van der Waals surface area contributed by atoms with E-state index >= 15 is 0 Å². The Kier molecular flexibility index (Phi) is 7.55. The molecule has 0 bridgehead atoms. The molecule has 0 saturated carbocycles. The van der Waals surface area contributed by atoms with Crippen LogP contribution in [-0.2, 0) is 14.4 Å². The maximum absolute atomic E-state index is 14.6. The van der Waals surface area contributed by atoms with Crippen molar-refractivity contribution in [2.45, 2.75) is 49.1 Å². The Morgan fingerprint density at radius 1 is 0.902 bits per heavy atom. The second kappa shape index (κ2) is 11.1. The van der Waals surface area contributed by atoms with E-state index in [0.29, 0.717) is 32.5 Å². The molecule has 0 aromatic heterocycles. The Hall–Kier alpha value is -3.36. The first kappa shape index (κ1) is 27.8. The zero-order valence-corrected chi connectivity index (χ0v) is 24.4.